The third-order valence-electron chi connectivity index (χ3n) is 7.71. The fraction of sp³-hybridized carbons (Fsp3) is 0.171. The normalized spacial score (nSPS) is 16.3. The van der Waals surface area contributed by atoms with Crippen LogP contribution in [0.25, 0.3) is 38.4 Å². The third-order valence-corrected chi connectivity index (χ3v) is 9.75. The maximum Gasteiger partial charge on any atom is 0.380 e. The average molecular weight is 683 g/mol. The number of aromatic nitrogens is 2. The largest absolute Gasteiger partial charge is 0.457 e. The zero-order valence-corrected chi connectivity index (χ0v) is 26.4. The number of carbonyl (C=O) groups excluding carboxylic acids is 1. The summed E-state index contributed by atoms with van der Waals surface area (Å²) in [5, 5.41) is 0.385. The molecule has 0 bridgehead atoms. The van der Waals surface area contributed by atoms with Crippen LogP contribution in [0.2, 0.25) is 0 Å². The Morgan fingerprint density at radius 2 is 1.23 bits per heavy atom. The van der Waals surface area contributed by atoms with Gasteiger partial charge in [-0.1, -0.05) is 79.4 Å². The molecule has 0 radical (unpaired) electrons. The van der Waals surface area contributed by atoms with E-state index >= 15 is 17.6 Å². The Bertz CT molecular complexity index is 2020. The topological polar surface area (TPSA) is 52.1 Å². The molecule has 3 aromatic carbocycles. The molecule has 47 heavy (non-hydrogen) atoms. The number of thiazole rings is 2. The summed E-state index contributed by atoms with van der Waals surface area (Å²) in [4.78, 5) is 20.9. The van der Waals surface area contributed by atoms with Crippen LogP contribution < -0.4 is 0 Å². The van der Waals surface area contributed by atoms with Crippen LogP contribution in [0.5, 0.6) is 0 Å². The second kappa shape index (κ2) is 11.9. The van der Waals surface area contributed by atoms with Gasteiger partial charge in [0.15, 0.2) is 0 Å². The van der Waals surface area contributed by atoms with Gasteiger partial charge in [-0.25, -0.2) is 14.8 Å². The summed E-state index contributed by atoms with van der Waals surface area (Å²) in [6.07, 6.45) is 1.65. The Morgan fingerprint density at radius 3 is 1.72 bits per heavy atom. The lowest BCUT2D eigenvalue weighted by atomic mass is 10.0. The number of ether oxygens (including phenoxy) is 1. The van der Waals surface area contributed by atoms with E-state index in [-0.39, 0.29) is 26.4 Å². The SMILES string of the molecule is C=Cc1ccc(C(=O)OCc2ccc(-c3nc(C4=C(c5nc(-c6ccccc6)sc5C)C(F)(F)C(F)(F)C4(F)F)c(C)s3)cc2)cc1. The van der Waals surface area contributed by atoms with Crippen molar-refractivity contribution in [3.63, 3.8) is 0 Å². The summed E-state index contributed by atoms with van der Waals surface area (Å²) in [5.41, 5.74) is -1.55. The van der Waals surface area contributed by atoms with Crippen molar-refractivity contribution in [1.29, 1.82) is 0 Å². The number of carbonyl (C=O) groups is 1. The lowest BCUT2D eigenvalue weighted by Crippen LogP contribution is -2.49. The van der Waals surface area contributed by atoms with Crippen molar-refractivity contribution < 1.29 is 35.9 Å². The van der Waals surface area contributed by atoms with Gasteiger partial charge >= 0.3 is 23.7 Å². The molecule has 0 fully saturated rings. The first-order valence-electron chi connectivity index (χ1n) is 14.1. The number of hydrogen-bond acceptors (Lipinski definition) is 6. The second-order valence-electron chi connectivity index (χ2n) is 10.8. The molecule has 1 aliphatic rings. The minimum Gasteiger partial charge on any atom is -0.457 e. The molecule has 6 rings (SSSR count). The number of aryl methyl sites for hydroxylation is 2. The average Bonchev–Trinajstić information content (AvgIpc) is 3.66. The molecule has 2 heterocycles. The van der Waals surface area contributed by atoms with Gasteiger partial charge in [-0.15, -0.1) is 22.7 Å². The first kappa shape index (κ1) is 32.4. The first-order valence-corrected chi connectivity index (χ1v) is 15.8. The Morgan fingerprint density at radius 1 is 0.745 bits per heavy atom. The summed E-state index contributed by atoms with van der Waals surface area (Å²) in [6, 6.07) is 21.5. The predicted molar refractivity (Wildman–Crippen MR) is 172 cm³/mol. The van der Waals surface area contributed by atoms with E-state index in [1.165, 1.54) is 13.8 Å². The molecule has 0 amide bonds. The molecule has 0 atom stereocenters. The molecule has 5 aromatic rings. The van der Waals surface area contributed by atoms with Crippen molar-refractivity contribution in [3.05, 3.63) is 123 Å². The Hall–Kier alpha value is -4.55. The number of hydrogen-bond donors (Lipinski definition) is 0. The number of alkyl halides is 6. The van der Waals surface area contributed by atoms with Gasteiger partial charge in [-0.3, -0.25) is 0 Å². The highest BCUT2D eigenvalue weighted by atomic mass is 32.1. The molecule has 0 saturated carbocycles. The third kappa shape index (κ3) is 5.48. The van der Waals surface area contributed by atoms with Crippen molar-refractivity contribution in [2.24, 2.45) is 0 Å². The van der Waals surface area contributed by atoms with E-state index in [0.29, 0.717) is 22.3 Å². The zero-order valence-electron chi connectivity index (χ0n) is 24.8. The van der Waals surface area contributed by atoms with Gasteiger partial charge in [-0.2, -0.15) is 26.3 Å². The molecule has 240 valence electrons. The fourth-order valence-electron chi connectivity index (χ4n) is 5.17. The van der Waals surface area contributed by atoms with Gasteiger partial charge in [0.25, 0.3) is 0 Å². The van der Waals surface area contributed by atoms with E-state index in [9.17, 15) is 13.6 Å². The molecule has 0 N–H and O–H groups in total. The maximum atomic E-state index is 15.5. The van der Waals surface area contributed by atoms with Gasteiger partial charge < -0.3 is 4.74 Å². The standard InChI is InChI=1S/C35H24F6N2O2S2/c1-4-21-10-16-25(17-11-21)32(44)45-18-22-12-14-24(15-13-22)31-43-29(20(3)47-31)27-26(33(36,37)35(40,41)34(27,38)39)28-19(2)46-30(42-28)23-8-6-5-7-9-23/h4-17H,1,18H2,2-3H3. The van der Waals surface area contributed by atoms with Crippen LogP contribution in [0.3, 0.4) is 0 Å². The van der Waals surface area contributed by atoms with E-state index in [0.717, 1.165) is 28.2 Å². The Kier molecular flexibility index (Phi) is 8.21. The Labute approximate surface area is 273 Å². The lowest BCUT2D eigenvalue weighted by molar-refractivity contribution is -0.254. The summed E-state index contributed by atoms with van der Waals surface area (Å²) in [6.45, 7) is 6.35. The predicted octanol–water partition coefficient (Wildman–Crippen LogP) is 10.4. The van der Waals surface area contributed by atoms with E-state index < -0.39 is 46.3 Å². The van der Waals surface area contributed by atoms with E-state index in [1.54, 1.807) is 84.9 Å². The number of halogens is 6. The molecule has 1 aliphatic carbocycles. The van der Waals surface area contributed by atoms with Crippen LogP contribution in [-0.4, -0.2) is 33.7 Å². The Balaban J connectivity index is 1.34. The highest BCUT2D eigenvalue weighted by Gasteiger charge is 2.81. The van der Waals surface area contributed by atoms with Gasteiger partial charge in [0, 0.05) is 20.9 Å². The number of nitrogens with zero attached hydrogens (tertiary/aromatic N) is 2. The molecular weight excluding hydrogens is 659 g/mol. The van der Waals surface area contributed by atoms with Crippen LogP contribution in [0.1, 0.15) is 42.6 Å². The minimum absolute atomic E-state index is 0.0531. The molecule has 0 unspecified atom stereocenters. The molecule has 2 aromatic heterocycles. The van der Waals surface area contributed by atoms with Crippen molar-refractivity contribution in [2.45, 2.75) is 38.2 Å². The molecule has 0 saturated heterocycles. The quantitative estimate of drug-likeness (QED) is 0.121. The lowest BCUT2D eigenvalue weighted by Gasteiger charge is -2.25. The molecule has 4 nitrogen and oxygen atoms in total. The van der Waals surface area contributed by atoms with Crippen LogP contribution >= 0.6 is 22.7 Å². The number of esters is 1. The molecule has 0 spiro atoms. The molecule has 12 heteroatoms. The molecular formula is C35H24F6N2O2S2. The molecule has 0 aliphatic heterocycles. The van der Waals surface area contributed by atoms with Gasteiger partial charge in [0.05, 0.1) is 28.1 Å². The van der Waals surface area contributed by atoms with Crippen molar-refractivity contribution >= 4 is 45.9 Å². The van der Waals surface area contributed by atoms with Crippen molar-refractivity contribution in [3.8, 4) is 21.1 Å². The maximum absolute atomic E-state index is 15.5. The summed E-state index contributed by atoms with van der Waals surface area (Å²) >= 11 is 1.85. The van der Waals surface area contributed by atoms with Crippen LogP contribution in [-0.2, 0) is 11.3 Å². The summed E-state index contributed by atoms with van der Waals surface area (Å²) in [5.74, 6) is -16.7. The highest BCUT2D eigenvalue weighted by Crippen LogP contribution is 2.65. The highest BCUT2D eigenvalue weighted by molar-refractivity contribution is 7.15. The van der Waals surface area contributed by atoms with Crippen LogP contribution in [0.15, 0.2) is 85.4 Å². The summed E-state index contributed by atoms with van der Waals surface area (Å²) < 4.78 is 97.4. The fourth-order valence-corrected chi connectivity index (χ4v) is 7.03. The van der Waals surface area contributed by atoms with E-state index in [1.807, 2.05) is 0 Å². The van der Waals surface area contributed by atoms with Crippen molar-refractivity contribution in [1.82, 2.24) is 9.97 Å². The van der Waals surface area contributed by atoms with Gasteiger partial charge in [0.1, 0.15) is 16.6 Å². The van der Waals surface area contributed by atoms with Crippen LogP contribution in [0.4, 0.5) is 26.3 Å². The summed E-state index contributed by atoms with van der Waals surface area (Å²) in [7, 11) is 0. The van der Waals surface area contributed by atoms with E-state index in [4.69, 9.17) is 4.74 Å². The monoisotopic (exact) mass is 682 g/mol. The smallest absolute Gasteiger partial charge is 0.380 e. The number of allylic oxidation sites excluding steroid dienone is 2. The number of rotatable bonds is 8. The van der Waals surface area contributed by atoms with Crippen molar-refractivity contribution in [2.75, 3.05) is 0 Å². The second-order valence-corrected chi connectivity index (χ2v) is 13.2. The van der Waals surface area contributed by atoms with Crippen LogP contribution in [0, 0.1) is 13.8 Å². The number of benzene rings is 3. The zero-order chi connectivity index (χ0) is 33.7. The first-order chi connectivity index (χ1) is 22.3. The van der Waals surface area contributed by atoms with Gasteiger partial charge in [-0.05, 0) is 37.1 Å². The van der Waals surface area contributed by atoms with E-state index in [2.05, 4.69) is 16.5 Å². The minimum atomic E-state index is -5.73. The van der Waals surface area contributed by atoms with Gasteiger partial charge in [0.2, 0.25) is 0 Å².